The molecule has 0 unspecified atom stereocenters. The lowest BCUT2D eigenvalue weighted by molar-refractivity contribution is -0.146. The van der Waals surface area contributed by atoms with Crippen molar-refractivity contribution in [3.63, 3.8) is 0 Å². The van der Waals surface area contributed by atoms with E-state index in [-0.39, 0.29) is 41.2 Å². The van der Waals surface area contributed by atoms with Gasteiger partial charge in [-0.05, 0) is 25.0 Å². The van der Waals surface area contributed by atoms with Crippen molar-refractivity contribution in [2.75, 3.05) is 0 Å². The first kappa shape index (κ1) is 20.7. The molecule has 1 saturated carbocycles. The fourth-order valence-electron chi connectivity index (χ4n) is 3.79. The molecule has 4 aromatic rings. The van der Waals surface area contributed by atoms with Crippen molar-refractivity contribution in [3.8, 4) is 34.0 Å². The predicted molar refractivity (Wildman–Crippen MR) is 108 cm³/mol. The number of benzene rings is 1. The molecule has 0 aliphatic heterocycles. The highest BCUT2D eigenvalue weighted by molar-refractivity contribution is 6.33. The van der Waals surface area contributed by atoms with Gasteiger partial charge < -0.3 is 9.63 Å². The Hall–Kier alpha value is -3.24. The number of halogens is 4. The summed E-state index contributed by atoms with van der Waals surface area (Å²) in [6.45, 7) is 0. The van der Waals surface area contributed by atoms with Gasteiger partial charge in [0.2, 0.25) is 0 Å². The monoisotopic (exact) mass is 461 g/mol. The van der Waals surface area contributed by atoms with E-state index in [0.29, 0.717) is 10.6 Å². The first-order valence-corrected chi connectivity index (χ1v) is 10.1. The number of alkyl halides is 3. The van der Waals surface area contributed by atoms with Crippen molar-refractivity contribution in [2.45, 2.75) is 31.2 Å². The van der Waals surface area contributed by atoms with E-state index in [2.05, 4.69) is 20.2 Å². The van der Waals surface area contributed by atoms with Crippen molar-refractivity contribution in [3.05, 3.63) is 59.6 Å². The summed E-state index contributed by atoms with van der Waals surface area (Å²) >= 11 is 6.32. The van der Waals surface area contributed by atoms with E-state index < -0.39 is 24.0 Å². The lowest BCUT2D eigenvalue weighted by Crippen LogP contribution is -2.33. The van der Waals surface area contributed by atoms with Gasteiger partial charge in [0.05, 0.1) is 34.5 Å². The van der Waals surface area contributed by atoms with Gasteiger partial charge in [-0.15, -0.1) is 0 Å². The van der Waals surface area contributed by atoms with Crippen LogP contribution in [0.4, 0.5) is 13.2 Å². The van der Waals surface area contributed by atoms with Gasteiger partial charge in [0.25, 0.3) is 0 Å². The van der Waals surface area contributed by atoms with E-state index in [0.717, 1.165) is 10.9 Å². The Labute approximate surface area is 184 Å². The number of aromatic nitrogens is 5. The largest absolute Gasteiger partial charge is 0.433 e. The number of rotatable bonds is 4. The van der Waals surface area contributed by atoms with Crippen LogP contribution < -0.4 is 0 Å². The van der Waals surface area contributed by atoms with Crippen LogP contribution in [0.5, 0.6) is 0 Å². The third-order valence-electron chi connectivity index (χ3n) is 5.35. The predicted octanol–water partition coefficient (Wildman–Crippen LogP) is 5.03. The van der Waals surface area contributed by atoms with Gasteiger partial charge in [-0.2, -0.15) is 18.3 Å². The topological polar surface area (TPSA) is 89.9 Å². The van der Waals surface area contributed by atoms with Crippen LogP contribution in [0.2, 0.25) is 5.02 Å². The molecule has 1 N–H and O–H groups in total. The molecular formula is C21H15ClF3N5O2. The minimum Gasteiger partial charge on any atom is -0.393 e. The lowest BCUT2D eigenvalue weighted by Gasteiger charge is -2.33. The lowest BCUT2D eigenvalue weighted by atomic mass is 9.89. The molecule has 3 aromatic heterocycles. The van der Waals surface area contributed by atoms with Crippen molar-refractivity contribution >= 4 is 11.6 Å². The molecule has 0 spiro atoms. The van der Waals surface area contributed by atoms with Crippen LogP contribution in [-0.2, 0) is 6.18 Å². The Morgan fingerprint density at radius 3 is 2.44 bits per heavy atom. The van der Waals surface area contributed by atoms with Crippen LogP contribution >= 0.6 is 11.6 Å². The second-order valence-corrected chi connectivity index (χ2v) is 7.82. The van der Waals surface area contributed by atoms with Gasteiger partial charge in [0, 0.05) is 18.0 Å². The average Bonchev–Trinajstić information content (AvgIpc) is 3.36. The Morgan fingerprint density at radius 1 is 1.06 bits per heavy atom. The van der Waals surface area contributed by atoms with Crippen molar-refractivity contribution in [1.82, 2.24) is 24.9 Å². The number of hydrogen-bond acceptors (Lipinski definition) is 6. The molecule has 0 amide bonds. The number of aliphatic hydroxyl groups excluding tert-OH is 1. The molecular weight excluding hydrogens is 447 g/mol. The minimum absolute atomic E-state index is 0.138. The van der Waals surface area contributed by atoms with Crippen LogP contribution in [0.1, 0.15) is 24.6 Å². The number of hydrogen-bond donors (Lipinski definition) is 1. The highest BCUT2D eigenvalue weighted by atomic mass is 35.5. The zero-order valence-corrected chi connectivity index (χ0v) is 17.0. The summed E-state index contributed by atoms with van der Waals surface area (Å²) in [7, 11) is 0. The van der Waals surface area contributed by atoms with Gasteiger partial charge in [-0.3, -0.25) is 4.68 Å². The third-order valence-corrected chi connectivity index (χ3v) is 5.68. The van der Waals surface area contributed by atoms with E-state index in [1.807, 2.05) is 0 Å². The van der Waals surface area contributed by atoms with E-state index in [9.17, 15) is 18.3 Å². The van der Waals surface area contributed by atoms with Crippen molar-refractivity contribution < 1.29 is 22.8 Å². The molecule has 11 heteroatoms. The highest BCUT2D eigenvalue weighted by Crippen LogP contribution is 2.46. The summed E-state index contributed by atoms with van der Waals surface area (Å²) in [5.41, 5.74) is -0.399. The minimum atomic E-state index is -4.72. The molecule has 32 heavy (non-hydrogen) atoms. The van der Waals surface area contributed by atoms with Gasteiger partial charge in [0.1, 0.15) is 5.69 Å². The Bertz CT molecular complexity index is 1270. The maximum Gasteiger partial charge on any atom is 0.433 e. The smallest absolute Gasteiger partial charge is 0.393 e. The average molecular weight is 462 g/mol. The van der Waals surface area contributed by atoms with E-state index in [1.165, 1.54) is 12.4 Å². The van der Waals surface area contributed by atoms with Crippen LogP contribution in [0.3, 0.4) is 0 Å². The van der Waals surface area contributed by atoms with Crippen LogP contribution in [-0.4, -0.2) is 36.1 Å². The Kier molecular flexibility index (Phi) is 4.98. The molecule has 7 nitrogen and oxygen atoms in total. The van der Waals surface area contributed by atoms with Crippen LogP contribution in [0, 0.1) is 0 Å². The summed E-state index contributed by atoms with van der Waals surface area (Å²) in [6.07, 6.45) is -0.937. The Morgan fingerprint density at radius 2 is 1.78 bits per heavy atom. The quantitative estimate of drug-likeness (QED) is 0.458. The zero-order chi connectivity index (χ0) is 22.5. The summed E-state index contributed by atoms with van der Waals surface area (Å²) in [5.74, 6) is -0.0248. The van der Waals surface area contributed by atoms with Gasteiger partial charge >= 0.3 is 6.18 Å². The van der Waals surface area contributed by atoms with Crippen molar-refractivity contribution in [2.24, 2.45) is 0 Å². The fourth-order valence-corrected chi connectivity index (χ4v) is 4.02. The normalized spacial score (nSPS) is 18.5. The van der Waals surface area contributed by atoms with E-state index >= 15 is 0 Å². The molecule has 0 radical (unpaired) electrons. The van der Waals surface area contributed by atoms with Gasteiger partial charge in [-0.1, -0.05) is 35.0 Å². The fraction of sp³-hybridized carbons (Fsp3) is 0.238. The maximum atomic E-state index is 14.1. The zero-order valence-electron chi connectivity index (χ0n) is 16.3. The molecule has 1 aliphatic rings. The molecule has 0 saturated heterocycles. The first-order valence-electron chi connectivity index (χ1n) is 9.69. The second kappa shape index (κ2) is 7.72. The molecule has 3 heterocycles. The van der Waals surface area contributed by atoms with Gasteiger partial charge in [-0.25, -0.2) is 9.97 Å². The standard InChI is InChI=1S/C21H15ClF3N5O2/c22-15-5-2-1-4-13(15)17-16(20-26-6-3-7-27-20)18(32-29-17)14-10-28-30(11-8-12(31)9-11)19(14)21(23,24)25/h1-7,10-12,31H,8-9H2. The van der Waals surface area contributed by atoms with Gasteiger partial charge in [0.15, 0.2) is 17.3 Å². The summed E-state index contributed by atoms with van der Waals surface area (Å²) in [6, 6.07) is 7.81. The highest BCUT2D eigenvalue weighted by Gasteiger charge is 2.44. The SMILES string of the molecule is OC1CC(n2ncc(-c3onc(-c4ccccc4Cl)c3-c3ncccn3)c2C(F)(F)F)C1. The Balaban J connectivity index is 1.74. The molecule has 5 rings (SSSR count). The molecule has 1 aliphatic carbocycles. The molecule has 1 aromatic carbocycles. The molecule has 1 fully saturated rings. The number of nitrogens with zero attached hydrogens (tertiary/aromatic N) is 5. The summed E-state index contributed by atoms with van der Waals surface area (Å²) in [4.78, 5) is 8.40. The van der Waals surface area contributed by atoms with Crippen LogP contribution in [0.25, 0.3) is 34.0 Å². The van der Waals surface area contributed by atoms with E-state index in [1.54, 1.807) is 30.3 Å². The maximum absolute atomic E-state index is 14.1. The van der Waals surface area contributed by atoms with Crippen LogP contribution in [0.15, 0.2) is 53.4 Å². The van der Waals surface area contributed by atoms with Crippen molar-refractivity contribution in [1.29, 1.82) is 0 Å². The summed E-state index contributed by atoms with van der Waals surface area (Å²) in [5, 5.41) is 17.9. The second-order valence-electron chi connectivity index (χ2n) is 7.42. The number of aliphatic hydroxyl groups is 1. The third kappa shape index (κ3) is 3.45. The molecule has 0 atom stereocenters. The summed E-state index contributed by atoms with van der Waals surface area (Å²) < 4.78 is 48.8. The van der Waals surface area contributed by atoms with E-state index in [4.69, 9.17) is 16.1 Å². The molecule has 0 bridgehead atoms. The molecule has 164 valence electrons. The first-order chi connectivity index (χ1) is 15.3.